The molecular weight excluding hydrogens is 439 g/mol. The predicted molar refractivity (Wildman–Crippen MR) is 126 cm³/mol. The second-order valence-corrected chi connectivity index (χ2v) is 8.88. The van der Waals surface area contributed by atoms with Crippen molar-refractivity contribution in [1.82, 2.24) is 10.2 Å². The first kappa shape index (κ1) is 24.6. The maximum absolute atomic E-state index is 13.2. The normalized spacial score (nSPS) is 11.7. The molecule has 0 bridgehead atoms. The van der Waals surface area contributed by atoms with Crippen LogP contribution in [0.15, 0.2) is 53.4 Å². The number of unbranched alkanes of at least 4 members (excludes halogenated alkanes) is 1. The quantitative estimate of drug-likeness (QED) is 0.335. The number of hydrogen-bond donors (Lipinski definition) is 1. The largest absolute Gasteiger partial charge is 0.354 e. The number of rotatable bonds is 11. The molecule has 7 heteroatoms. The SMILES string of the molecule is CCCCNC(=O)[C@@H](CC)N(Cc1ccc(Cl)cc1)C(=O)CSc1ccc(Cl)cc1. The van der Waals surface area contributed by atoms with E-state index in [0.29, 0.717) is 29.6 Å². The second-order valence-electron chi connectivity index (χ2n) is 6.96. The minimum absolute atomic E-state index is 0.0811. The van der Waals surface area contributed by atoms with Crippen molar-refractivity contribution in [1.29, 1.82) is 0 Å². The van der Waals surface area contributed by atoms with Crippen LogP contribution in [-0.4, -0.2) is 35.1 Å². The van der Waals surface area contributed by atoms with E-state index in [1.807, 2.05) is 31.2 Å². The van der Waals surface area contributed by atoms with Gasteiger partial charge in [-0.25, -0.2) is 0 Å². The molecule has 0 saturated carbocycles. The van der Waals surface area contributed by atoms with Crippen LogP contribution in [0.25, 0.3) is 0 Å². The van der Waals surface area contributed by atoms with Gasteiger partial charge in [-0.1, -0.05) is 55.6 Å². The second kappa shape index (κ2) is 12.9. The zero-order valence-electron chi connectivity index (χ0n) is 17.4. The van der Waals surface area contributed by atoms with Gasteiger partial charge in [0, 0.05) is 28.0 Å². The Bertz CT molecular complexity index is 813. The molecule has 0 aliphatic heterocycles. The van der Waals surface area contributed by atoms with E-state index >= 15 is 0 Å². The van der Waals surface area contributed by atoms with Crippen molar-refractivity contribution in [3.05, 3.63) is 64.1 Å². The lowest BCUT2D eigenvalue weighted by molar-refractivity contribution is -0.139. The minimum atomic E-state index is -0.518. The summed E-state index contributed by atoms with van der Waals surface area (Å²) in [5.41, 5.74) is 0.934. The molecule has 0 aliphatic carbocycles. The van der Waals surface area contributed by atoms with E-state index in [0.717, 1.165) is 23.3 Å². The Morgan fingerprint density at radius 1 is 1.00 bits per heavy atom. The fourth-order valence-corrected chi connectivity index (χ4v) is 4.01. The van der Waals surface area contributed by atoms with Crippen LogP contribution in [0.5, 0.6) is 0 Å². The number of nitrogens with zero attached hydrogens (tertiary/aromatic N) is 1. The summed E-state index contributed by atoms with van der Waals surface area (Å²) >= 11 is 13.4. The molecule has 1 N–H and O–H groups in total. The third-order valence-electron chi connectivity index (χ3n) is 4.66. The summed E-state index contributed by atoms with van der Waals surface area (Å²) in [7, 11) is 0. The van der Waals surface area contributed by atoms with Crippen LogP contribution < -0.4 is 5.32 Å². The zero-order valence-corrected chi connectivity index (χ0v) is 19.7. The first-order valence-electron chi connectivity index (χ1n) is 10.1. The van der Waals surface area contributed by atoms with Crippen LogP contribution in [0.4, 0.5) is 0 Å². The van der Waals surface area contributed by atoms with Gasteiger partial charge in [0.05, 0.1) is 5.75 Å². The zero-order chi connectivity index (χ0) is 21.9. The number of thioether (sulfide) groups is 1. The molecule has 0 fully saturated rings. The fourth-order valence-electron chi connectivity index (χ4n) is 2.97. The number of nitrogens with one attached hydrogen (secondary N) is 1. The first-order valence-corrected chi connectivity index (χ1v) is 11.9. The van der Waals surface area contributed by atoms with Crippen LogP contribution in [0.2, 0.25) is 10.0 Å². The van der Waals surface area contributed by atoms with Crippen LogP contribution in [-0.2, 0) is 16.1 Å². The molecule has 1 atom stereocenters. The van der Waals surface area contributed by atoms with Gasteiger partial charge in [-0.15, -0.1) is 11.8 Å². The lowest BCUT2D eigenvalue weighted by Crippen LogP contribution is -2.49. The summed E-state index contributed by atoms with van der Waals surface area (Å²) in [6.07, 6.45) is 2.46. The van der Waals surface area contributed by atoms with Gasteiger partial charge in [0.1, 0.15) is 6.04 Å². The van der Waals surface area contributed by atoms with E-state index in [4.69, 9.17) is 23.2 Å². The Morgan fingerprint density at radius 3 is 2.17 bits per heavy atom. The van der Waals surface area contributed by atoms with Crippen molar-refractivity contribution in [3.63, 3.8) is 0 Å². The van der Waals surface area contributed by atoms with Crippen molar-refractivity contribution < 1.29 is 9.59 Å². The molecule has 30 heavy (non-hydrogen) atoms. The molecule has 0 spiro atoms. The molecule has 4 nitrogen and oxygen atoms in total. The van der Waals surface area contributed by atoms with Crippen molar-refractivity contribution >= 4 is 46.8 Å². The molecule has 2 amide bonds. The standard InChI is InChI=1S/C23H28Cl2N2O2S/c1-3-5-14-26-23(29)21(4-2)27(15-17-6-8-18(24)9-7-17)22(28)16-30-20-12-10-19(25)11-13-20/h6-13,21H,3-5,14-16H2,1-2H3,(H,26,29)/t21-/m1/s1. The van der Waals surface area contributed by atoms with Crippen LogP contribution in [0.3, 0.4) is 0 Å². The number of carbonyl (C=O) groups is 2. The Balaban J connectivity index is 2.15. The molecule has 0 unspecified atom stereocenters. The molecule has 2 aromatic carbocycles. The molecule has 162 valence electrons. The molecular formula is C23H28Cl2N2O2S. The molecule has 0 aromatic heterocycles. The highest BCUT2D eigenvalue weighted by Gasteiger charge is 2.28. The Hall–Kier alpha value is -1.69. The molecule has 2 rings (SSSR count). The Morgan fingerprint density at radius 2 is 1.60 bits per heavy atom. The predicted octanol–water partition coefficient (Wildman–Crippen LogP) is 5.81. The summed E-state index contributed by atoms with van der Waals surface area (Å²) in [6.45, 7) is 4.98. The summed E-state index contributed by atoms with van der Waals surface area (Å²) in [4.78, 5) is 28.6. The number of hydrogen-bond acceptors (Lipinski definition) is 3. The van der Waals surface area contributed by atoms with Crippen molar-refractivity contribution in [3.8, 4) is 0 Å². The molecule has 2 aromatic rings. The third-order valence-corrected chi connectivity index (χ3v) is 6.16. The van der Waals surface area contributed by atoms with Crippen LogP contribution in [0, 0.1) is 0 Å². The van der Waals surface area contributed by atoms with Gasteiger partial charge in [-0.05, 0) is 54.8 Å². The summed E-state index contributed by atoms with van der Waals surface area (Å²) in [6, 6.07) is 14.2. The van der Waals surface area contributed by atoms with Crippen molar-refractivity contribution in [2.45, 2.75) is 50.6 Å². The molecule has 0 radical (unpaired) electrons. The van der Waals surface area contributed by atoms with Gasteiger partial charge in [0.2, 0.25) is 11.8 Å². The van der Waals surface area contributed by atoms with E-state index in [-0.39, 0.29) is 17.6 Å². The summed E-state index contributed by atoms with van der Waals surface area (Å²) in [5.74, 6) is 0.0562. The number of amides is 2. The van der Waals surface area contributed by atoms with Gasteiger partial charge >= 0.3 is 0 Å². The van der Waals surface area contributed by atoms with Crippen LogP contribution >= 0.6 is 35.0 Å². The van der Waals surface area contributed by atoms with Gasteiger partial charge in [0.15, 0.2) is 0 Å². The van der Waals surface area contributed by atoms with Gasteiger partial charge in [0.25, 0.3) is 0 Å². The maximum atomic E-state index is 13.2. The highest BCUT2D eigenvalue weighted by atomic mass is 35.5. The molecule has 0 heterocycles. The number of carbonyl (C=O) groups excluding carboxylic acids is 2. The van der Waals surface area contributed by atoms with Gasteiger partial charge in [-0.2, -0.15) is 0 Å². The highest BCUT2D eigenvalue weighted by Crippen LogP contribution is 2.22. The van der Waals surface area contributed by atoms with E-state index in [2.05, 4.69) is 12.2 Å². The van der Waals surface area contributed by atoms with Crippen molar-refractivity contribution in [2.75, 3.05) is 12.3 Å². The molecule has 0 saturated heterocycles. The van der Waals surface area contributed by atoms with E-state index in [1.54, 1.807) is 29.2 Å². The van der Waals surface area contributed by atoms with E-state index < -0.39 is 6.04 Å². The van der Waals surface area contributed by atoms with Gasteiger partial charge < -0.3 is 10.2 Å². The fraction of sp³-hybridized carbons (Fsp3) is 0.391. The third kappa shape index (κ3) is 7.86. The first-order chi connectivity index (χ1) is 14.4. The summed E-state index contributed by atoms with van der Waals surface area (Å²) in [5, 5.41) is 4.26. The maximum Gasteiger partial charge on any atom is 0.242 e. The Kier molecular flexibility index (Phi) is 10.6. The lowest BCUT2D eigenvalue weighted by Gasteiger charge is -2.30. The van der Waals surface area contributed by atoms with Crippen molar-refractivity contribution in [2.24, 2.45) is 0 Å². The monoisotopic (exact) mass is 466 g/mol. The highest BCUT2D eigenvalue weighted by molar-refractivity contribution is 8.00. The minimum Gasteiger partial charge on any atom is -0.354 e. The van der Waals surface area contributed by atoms with Gasteiger partial charge in [-0.3, -0.25) is 9.59 Å². The topological polar surface area (TPSA) is 49.4 Å². The smallest absolute Gasteiger partial charge is 0.242 e. The Labute approximate surface area is 193 Å². The summed E-state index contributed by atoms with van der Waals surface area (Å²) < 4.78 is 0. The average Bonchev–Trinajstić information content (AvgIpc) is 2.74. The number of benzene rings is 2. The number of halogens is 2. The molecule has 0 aliphatic rings. The van der Waals surface area contributed by atoms with Crippen LogP contribution in [0.1, 0.15) is 38.7 Å². The van der Waals surface area contributed by atoms with E-state index in [9.17, 15) is 9.59 Å². The lowest BCUT2D eigenvalue weighted by atomic mass is 10.1. The average molecular weight is 467 g/mol. The van der Waals surface area contributed by atoms with E-state index in [1.165, 1.54) is 11.8 Å².